The summed E-state index contributed by atoms with van der Waals surface area (Å²) in [6, 6.07) is 1.64. The molecular weight excluding hydrogens is 266 g/mol. The van der Waals surface area contributed by atoms with Crippen molar-refractivity contribution in [3.8, 4) is 0 Å². The van der Waals surface area contributed by atoms with Crippen molar-refractivity contribution in [1.82, 2.24) is 24.6 Å². The molecule has 1 fully saturated rings. The number of rotatable bonds is 3. The lowest BCUT2D eigenvalue weighted by Crippen LogP contribution is -2.34. The molecule has 3 rings (SSSR count). The zero-order chi connectivity index (χ0) is 14.8. The van der Waals surface area contributed by atoms with Crippen molar-refractivity contribution in [2.45, 2.75) is 32.2 Å². The molecule has 1 aliphatic rings. The van der Waals surface area contributed by atoms with E-state index in [0.717, 1.165) is 38.2 Å². The summed E-state index contributed by atoms with van der Waals surface area (Å²) in [7, 11) is 1.94. The van der Waals surface area contributed by atoms with Gasteiger partial charge >= 0.3 is 0 Å². The van der Waals surface area contributed by atoms with Crippen LogP contribution in [0.2, 0.25) is 0 Å². The van der Waals surface area contributed by atoms with Crippen molar-refractivity contribution in [2.75, 3.05) is 13.1 Å². The first-order valence-electron chi connectivity index (χ1n) is 7.38. The highest BCUT2D eigenvalue weighted by atomic mass is 16.1. The first-order valence-corrected chi connectivity index (χ1v) is 7.38. The third-order valence-corrected chi connectivity index (χ3v) is 3.97. The Labute approximate surface area is 123 Å². The number of nitrogens with one attached hydrogen (secondary N) is 1. The van der Waals surface area contributed by atoms with Gasteiger partial charge in [-0.2, -0.15) is 5.10 Å². The molecular formula is C15H21N5O. The van der Waals surface area contributed by atoms with Crippen LogP contribution in [0.25, 0.3) is 0 Å². The Hall–Kier alpha value is -1.95. The van der Waals surface area contributed by atoms with Gasteiger partial charge in [-0.25, -0.2) is 4.98 Å². The van der Waals surface area contributed by atoms with E-state index in [1.54, 1.807) is 6.07 Å². The van der Waals surface area contributed by atoms with Gasteiger partial charge in [0.25, 0.3) is 5.56 Å². The molecule has 1 atom stereocenters. The van der Waals surface area contributed by atoms with Crippen molar-refractivity contribution >= 4 is 0 Å². The lowest BCUT2D eigenvalue weighted by molar-refractivity contribution is 0.198. The average molecular weight is 287 g/mol. The number of piperidine rings is 1. The van der Waals surface area contributed by atoms with E-state index in [1.165, 1.54) is 5.56 Å². The SMILES string of the molecule is Cc1nc([C@@H]2CCCN(Cc3cnn(C)c3)C2)cc(=O)[nH]1. The number of hydrogen-bond donors (Lipinski definition) is 1. The number of nitrogens with zero attached hydrogens (tertiary/aromatic N) is 4. The molecule has 1 N–H and O–H groups in total. The van der Waals surface area contributed by atoms with E-state index < -0.39 is 0 Å². The van der Waals surface area contributed by atoms with Crippen molar-refractivity contribution < 1.29 is 0 Å². The highest BCUT2D eigenvalue weighted by Gasteiger charge is 2.23. The molecule has 21 heavy (non-hydrogen) atoms. The Balaban J connectivity index is 1.71. The molecule has 2 aromatic heterocycles. The van der Waals surface area contributed by atoms with E-state index in [0.29, 0.717) is 11.7 Å². The maximum Gasteiger partial charge on any atom is 0.251 e. The third kappa shape index (κ3) is 3.39. The van der Waals surface area contributed by atoms with Crippen LogP contribution in [0, 0.1) is 6.92 Å². The number of aromatic nitrogens is 4. The molecule has 0 bridgehead atoms. The van der Waals surface area contributed by atoms with Gasteiger partial charge in [0.15, 0.2) is 0 Å². The second kappa shape index (κ2) is 5.81. The predicted octanol–water partition coefficient (Wildman–Crippen LogP) is 1.19. The number of aryl methyl sites for hydroxylation is 2. The molecule has 1 saturated heterocycles. The van der Waals surface area contributed by atoms with Crippen LogP contribution in [0.15, 0.2) is 23.3 Å². The summed E-state index contributed by atoms with van der Waals surface area (Å²) >= 11 is 0. The average Bonchev–Trinajstić information content (AvgIpc) is 2.83. The molecule has 6 heteroatoms. The van der Waals surface area contributed by atoms with E-state index in [-0.39, 0.29) is 5.56 Å². The topological polar surface area (TPSA) is 66.8 Å². The van der Waals surface area contributed by atoms with Gasteiger partial charge in [0.05, 0.1) is 11.9 Å². The molecule has 6 nitrogen and oxygen atoms in total. The zero-order valence-corrected chi connectivity index (χ0v) is 12.5. The van der Waals surface area contributed by atoms with Crippen LogP contribution >= 0.6 is 0 Å². The number of aromatic amines is 1. The maximum atomic E-state index is 11.6. The maximum absolute atomic E-state index is 11.6. The smallest absolute Gasteiger partial charge is 0.251 e. The lowest BCUT2D eigenvalue weighted by Gasteiger charge is -2.32. The van der Waals surface area contributed by atoms with Crippen molar-refractivity contribution in [3.05, 3.63) is 45.9 Å². The number of likely N-dealkylation sites (tertiary alicyclic amines) is 1. The van der Waals surface area contributed by atoms with Gasteiger partial charge in [-0.1, -0.05) is 0 Å². The Kier molecular flexibility index (Phi) is 3.88. The van der Waals surface area contributed by atoms with Gasteiger partial charge in [-0.15, -0.1) is 0 Å². The summed E-state index contributed by atoms with van der Waals surface area (Å²) in [6.45, 7) is 4.78. The molecule has 0 spiro atoms. The minimum Gasteiger partial charge on any atom is -0.311 e. The molecule has 0 aliphatic carbocycles. The van der Waals surface area contributed by atoms with Gasteiger partial charge in [0.1, 0.15) is 5.82 Å². The van der Waals surface area contributed by atoms with E-state index in [1.807, 2.05) is 24.9 Å². The van der Waals surface area contributed by atoms with Gasteiger partial charge in [0.2, 0.25) is 0 Å². The van der Waals surface area contributed by atoms with Gasteiger partial charge < -0.3 is 4.98 Å². The molecule has 1 aliphatic heterocycles. The fourth-order valence-electron chi connectivity index (χ4n) is 3.06. The molecule has 0 unspecified atom stereocenters. The second-order valence-electron chi connectivity index (χ2n) is 5.85. The van der Waals surface area contributed by atoms with Gasteiger partial charge in [-0.05, 0) is 26.3 Å². The molecule has 2 aromatic rings. The van der Waals surface area contributed by atoms with Crippen LogP contribution in [0.5, 0.6) is 0 Å². The van der Waals surface area contributed by atoms with Gasteiger partial charge in [-0.3, -0.25) is 14.4 Å². The van der Waals surface area contributed by atoms with Gasteiger partial charge in [0, 0.05) is 43.9 Å². The first-order chi connectivity index (χ1) is 10.1. The highest BCUT2D eigenvalue weighted by molar-refractivity contribution is 5.11. The van der Waals surface area contributed by atoms with Crippen LogP contribution in [0.3, 0.4) is 0 Å². The van der Waals surface area contributed by atoms with Crippen LogP contribution < -0.4 is 5.56 Å². The molecule has 0 saturated carbocycles. The van der Waals surface area contributed by atoms with E-state index >= 15 is 0 Å². The third-order valence-electron chi connectivity index (χ3n) is 3.97. The van der Waals surface area contributed by atoms with Crippen LogP contribution in [0.4, 0.5) is 0 Å². The first kappa shape index (κ1) is 14.0. The minimum atomic E-state index is -0.0538. The Bertz CT molecular complexity index is 675. The Morgan fingerprint density at radius 1 is 1.48 bits per heavy atom. The van der Waals surface area contributed by atoms with E-state index in [2.05, 4.69) is 26.2 Å². The summed E-state index contributed by atoms with van der Waals surface area (Å²) in [5, 5.41) is 4.21. The number of H-pyrrole nitrogens is 1. The largest absolute Gasteiger partial charge is 0.311 e. The summed E-state index contributed by atoms with van der Waals surface area (Å²) in [6.07, 6.45) is 6.20. The lowest BCUT2D eigenvalue weighted by atomic mass is 9.94. The molecule has 0 aromatic carbocycles. The normalized spacial score (nSPS) is 19.8. The fraction of sp³-hybridized carbons (Fsp3) is 0.533. The fourth-order valence-corrected chi connectivity index (χ4v) is 3.06. The van der Waals surface area contributed by atoms with Crippen LogP contribution in [0.1, 0.15) is 35.8 Å². The summed E-state index contributed by atoms with van der Waals surface area (Å²) in [4.78, 5) is 21.2. The van der Waals surface area contributed by atoms with Crippen molar-refractivity contribution in [3.63, 3.8) is 0 Å². The monoisotopic (exact) mass is 287 g/mol. The standard InChI is InChI=1S/C15H21N5O/c1-11-17-14(6-15(21)18-11)13-4-3-5-20(10-13)9-12-7-16-19(2)8-12/h6-8,13H,3-5,9-10H2,1-2H3,(H,17,18,21)/t13-/m1/s1. The minimum absolute atomic E-state index is 0.0538. The van der Waals surface area contributed by atoms with Crippen LogP contribution in [-0.2, 0) is 13.6 Å². The second-order valence-corrected chi connectivity index (χ2v) is 5.85. The molecule has 0 radical (unpaired) electrons. The summed E-state index contributed by atoms with van der Waals surface area (Å²) in [5.74, 6) is 1.04. The zero-order valence-electron chi connectivity index (χ0n) is 12.5. The van der Waals surface area contributed by atoms with E-state index in [9.17, 15) is 4.79 Å². The van der Waals surface area contributed by atoms with Crippen molar-refractivity contribution in [1.29, 1.82) is 0 Å². The molecule has 0 amide bonds. The van der Waals surface area contributed by atoms with Crippen LogP contribution in [-0.4, -0.2) is 37.7 Å². The molecule has 3 heterocycles. The van der Waals surface area contributed by atoms with Crippen molar-refractivity contribution in [2.24, 2.45) is 7.05 Å². The molecule has 112 valence electrons. The highest BCUT2D eigenvalue weighted by Crippen LogP contribution is 2.25. The Morgan fingerprint density at radius 2 is 2.33 bits per heavy atom. The predicted molar refractivity (Wildman–Crippen MR) is 80.1 cm³/mol. The quantitative estimate of drug-likeness (QED) is 0.921. The Morgan fingerprint density at radius 3 is 3.05 bits per heavy atom. The number of hydrogen-bond acceptors (Lipinski definition) is 4. The summed E-state index contributed by atoms with van der Waals surface area (Å²) < 4.78 is 1.83. The summed E-state index contributed by atoms with van der Waals surface area (Å²) in [5.41, 5.74) is 2.10. The van der Waals surface area contributed by atoms with E-state index in [4.69, 9.17) is 0 Å².